The Balaban J connectivity index is 2.21. The maximum atomic E-state index is 11.7. The van der Waals surface area contributed by atoms with Gasteiger partial charge >= 0.3 is 5.97 Å². The van der Waals surface area contributed by atoms with Gasteiger partial charge in [0.25, 0.3) is 0 Å². The summed E-state index contributed by atoms with van der Waals surface area (Å²) in [5.74, 6) is 0.575. The minimum atomic E-state index is -0.892. The first-order chi connectivity index (χ1) is 6.64. The van der Waals surface area contributed by atoms with Gasteiger partial charge < -0.3 is 10.5 Å². The highest BCUT2D eigenvalue weighted by Crippen LogP contribution is 2.60. The van der Waals surface area contributed by atoms with Crippen LogP contribution in [0.25, 0.3) is 0 Å². The van der Waals surface area contributed by atoms with Gasteiger partial charge in [0.15, 0.2) is 5.78 Å². The number of carbonyl (C=O) groups excluding carboxylic acids is 2. The van der Waals surface area contributed by atoms with Crippen molar-refractivity contribution >= 4 is 11.8 Å². The van der Waals surface area contributed by atoms with Crippen LogP contribution in [0.4, 0.5) is 0 Å². The van der Waals surface area contributed by atoms with E-state index in [-0.39, 0.29) is 18.3 Å². The highest BCUT2D eigenvalue weighted by molar-refractivity contribution is 6.05. The van der Waals surface area contributed by atoms with Gasteiger partial charge in [-0.15, -0.1) is 0 Å². The second-order valence-corrected chi connectivity index (χ2v) is 4.37. The number of rotatable bonds is 3. The SMILES string of the molecule is COC(=O)C1(C(=O)CN)CC2CC2C1. The number of carbonyl (C=O) groups is 2. The smallest absolute Gasteiger partial charge is 0.319 e. The van der Waals surface area contributed by atoms with Crippen LogP contribution in [0.5, 0.6) is 0 Å². The van der Waals surface area contributed by atoms with Crippen LogP contribution >= 0.6 is 0 Å². The molecule has 2 fully saturated rings. The molecule has 14 heavy (non-hydrogen) atoms. The van der Waals surface area contributed by atoms with Crippen molar-refractivity contribution in [1.82, 2.24) is 0 Å². The number of fused-ring (bicyclic) bond motifs is 1. The molecule has 4 heteroatoms. The Hall–Kier alpha value is -0.900. The molecule has 2 rings (SSSR count). The molecular formula is C10H15NO3. The predicted molar refractivity (Wildman–Crippen MR) is 49.3 cm³/mol. The molecular weight excluding hydrogens is 182 g/mol. The summed E-state index contributed by atoms with van der Waals surface area (Å²) in [5.41, 5.74) is 4.44. The third kappa shape index (κ3) is 1.17. The van der Waals surface area contributed by atoms with Crippen molar-refractivity contribution in [3.8, 4) is 0 Å². The van der Waals surface area contributed by atoms with Crippen LogP contribution in [0.15, 0.2) is 0 Å². The van der Waals surface area contributed by atoms with Crippen molar-refractivity contribution < 1.29 is 14.3 Å². The fourth-order valence-electron chi connectivity index (χ4n) is 2.69. The molecule has 0 radical (unpaired) electrons. The van der Waals surface area contributed by atoms with Gasteiger partial charge in [0.1, 0.15) is 5.41 Å². The van der Waals surface area contributed by atoms with E-state index >= 15 is 0 Å². The van der Waals surface area contributed by atoms with E-state index < -0.39 is 5.41 Å². The molecule has 0 aromatic rings. The second-order valence-electron chi connectivity index (χ2n) is 4.37. The zero-order valence-electron chi connectivity index (χ0n) is 8.29. The van der Waals surface area contributed by atoms with Crippen molar-refractivity contribution in [2.75, 3.05) is 13.7 Å². The van der Waals surface area contributed by atoms with Crippen LogP contribution in [-0.2, 0) is 14.3 Å². The lowest BCUT2D eigenvalue weighted by Crippen LogP contribution is -2.42. The number of nitrogens with two attached hydrogens (primary N) is 1. The number of esters is 1. The zero-order valence-corrected chi connectivity index (χ0v) is 8.29. The Labute approximate surface area is 82.8 Å². The van der Waals surface area contributed by atoms with E-state index in [0.717, 1.165) is 6.42 Å². The molecule has 0 aromatic heterocycles. The van der Waals surface area contributed by atoms with Gasteiger partial charge in [0.05, 0.1) is 13.7 Å². The van der Waals surface area contributed by atoms with Crippen LogP contribution in [-0.4, -0.2) is 25.4 Å². The molecule has 0 aliphatic heterocycles. The summed E-state index contributed by atoms with van der Waals surface area (Å²) in [4.78, 5) is 23.3. The summed E-state index contributed by atoms with van der Waals surface area (Å²) in [6.45, 7) is -0.0610. The molecule has 2 aliphatic rings. The highest BCUT2D eigenvalue weighted by atomic mass is 16.5. The summed E-state index contributed by atoms with van der Waals surface area (Å²) in [5, 5.41) is 0. The molecule has 2 saturated carbocycles. The summed E-state index contributed by atoms with van der Waals surface area (Å²) in [7, 11) is 1.33. The number of hydrogen-bond donors (Lipinski definition) is 1. The van der Waals surface area contributed by atoms with Crippen molar-refractivity contribution in [2.45, 2.75) is 19.3 Å². The number of ether oxygens (including phenoxy) is 1. The van der Waals surface area contributed by atoms with E-state index in [2.05, 4.69) is 0 Å². The molecule has 2 atom stereocenters. The molecule has 0 aromatic carbocycles. The summed E-state index contributed by atoms with van der Waals surface area (Å²) in [6.07, 6.45) is 2.47. The van der Waals surface area contributed by atoms with Gasteiger partial charge in [-0.25, -0.2) is 0 Å². The van der Waals surface area contributed by atoms with Gasteiger partial charge in [0, 0.05) is 0 Å². The molecule has 0 spiro atoms. The van der Waals surface area contributed by atoms with Gasteiger partial charge in [-0.3, -0.25) is 9.59 Å². The lowest BCUT2D eigenvalue weighted by molar-refractivity contribution is -0.158. The van der Waals surface area contributed by atoms with Gasteiger partial charge in [0.2, 0.25) is 0 Å². The average molecular weight is 197 g/mol. The number of hydrogen-bond acceptors (Lipinski definition) is 4. The highest BCUT2D eigenvalue weighted by Gasteiger charge is 2.61. The minimum Gasteiger partial charge on any atom is -0.468 e. The van der Waals surface area contributed by atoms with E-state index in [1.807, 2.05) is 0 Å². The summed E-state index contributed by atoms with van der Waals surface area (Å²) >= 11 is 0. The number of Topliss-reactive ketones (excluding diaryl/α,β-unsaturated/α-hetero) is 1. The molecule has 2 aliphatic carbocycles. The van der Waals surface area contributed by atoms with Crippen LogP contribution in [0.3, 0.4) is 0 Å². The maximum Gasteiger partial charge on any atom is 0.319 e. The topological polar surface area (TPSA) is 69.4 Å². The van der Waals surface area contributed by atoms with Crippen LogP contribution < -0.4 is 5.73 Å². The van der Waals surface area contributed by atoms with Crippen LogP contribution in [0.1, 0.15) is 19.3 Å². The van der Waals surface area contributed by atoms with Crippen LogP contribution in [0, 0.1) is 17.3 Å². The first-order valence-electron chi connectivity index (χ1n) is 4.96. The molecule has 0 heterocycles. The largest absolute Gasteiger partial charge is 0.468 e. The Morgan fingerprint density at radius 1 is 1.43 bits per heavy atom. The van der Waals surface area contributed by atoms with Crippen LogP contribution in [0.2, 0.25) is 0 Å². The molecule has 2 N–H and O–H groups in total. The van der Waals surface area contributed by atoms with E-state index in [1.165, 1.54) is 7.11 Å². The monoisotopic (exact) mass is 197 g/mol. The van der Waals surface area contributed by atoms with Crippen molar-refractivity contribution in [2.24, 2.45) is 23.0 Å². The quantitative estimate of drug-likeness (QED) is 0.514. The molecule has 2 unspecified atom stereocenters. The number of methoxy groups -OCH3 is 1. The van der Waals surface area contributed by atoms with Gasteiger partial charge in [-0.1, -0.05) is 0 Å². The van der Waals surface area contributed by atoms with E-state index in [4.69, 9.17) is 10.5 Å². The van der Waals surface area contributed by atoms with E-state index in [9.17, 15) is 9.59 Å². The van der Waals surface area contributed by atoms with Crippen molar-refractivity contribution in [3.05, 3.63) is 0 Å². The standard InChI is InChI=1S/C10H15NO3/c1-14-9(13)10(8(12)5-11)3-6-2-7(6)4-10/h6-7H,2-5,11H2,1H3. The zero-order chi connectivity index (χ0) is 10.3. The fraction of sp³-hybridized carbons (Fsp3) is 0.800. The Morgan fingerprint density at radius 3 is 2.43 bits per heavy atom. The molecule has 0 saturated heterocycles. The minimum absolute atomic E-state index is 0.0610. The third-order valence-corrected chi connectivity index (χ3v) is 3.59. The van der Waals surface area contributed by atoms with E-state index in [0.29, 0.717) is 24.7 Å². The Kier molecular flexibility index (Phi) is 2.10. The number of ketones is 1. The first-order valence-corrected chi connectivity index (χ1v) is 4.96. The lowest BCUT2D eigenvalue weighted by Gasteiger charge is -2.25. The van der Waals surface area contributed by atoms with E-state index in [1.54, 1.807) is 0 Å². The second kappa shape index (κ2) is 3.05. The molecule has 4 nitrogen and oxygen atoms in total. The van der Waals surface area contributed by atoms with Gasteiger partial charge in [-0.05, 0) is 31.1 Å². The third-order valence-electron chi connectivity index (χ3n) is 3.59. The summed E-state index contributed by atoms with van der Waals surface area (Å²) in [6, 6.07) is 0. The lowest BCUT2D eigenvalue weighted by atomic mass is 9.79. The predicted octanol–water partition coefficient (Wildman–Crippen LogP) is 0.103. The molecule has 0 amide bonds. The van der Waals surface area contributed by atoms with Gasteiger partial charge in [-0.2, -0.15) is 0 Å². The molecule has 0 bridgehead atoms. The fourth-order valence-corrected chi connectivity index (χ4v) is 2.69. The summed E-state index contributed by atoms with van der Waals surface area (Å²) < 4.78 is 4.71. The first kappa shape index (κ1) is 9.65. The Morgan fingerprint density at radius 2 is 2.00 bits per heavy atom. The Bertz CT molecular complexity index is 259. The maximum absolute atomic E-state index is 11.7. The molecule has 78 valence electrons. The van der Waals surface area contributed by atoms with Crippen molar-refractivity contribution in [3.63, 3.8) is 0 Å². The normalized spacial score (nSPS) is 39.0. The average Bonchev–Trinajstić information content (AvgIpc) is 2.83. The van der Waals surface area contributed by atoms with Crippen molar-refractivity contribution in [1.29, 1.82) is 0 Å².